The third-order valence-electron chi connectivity index (χ3n) is 3.85. The van der Waals surface area contributed by atoms with E-state index in [1.807, 2.05) is 6.92 Å². The summed E-state index contributed by atoms with van der Waals surface area (Å²) in [7, 11) is 0. The highest BCUT2D eigenvalue weighted by Crippen LogP contribution is 2.36. The zero-order valence-corrected chi connectivity index (χ0v) is 14.0. The van der Waals surface area contributed by atoms with Gasteiger partial charge >= 0.3 is 0 Å². The molecule has 1 aromatic carbocycles. The van der Waals surface area contributed by atoms with Gasteiger partial charge in [0.15, 0.2) is 0 Å². The van der Waals surface area contributed by atoms with E-state index < -0.39 is 5.97 Å². The van der Waals surface area contributed by atoms with Gasteiger partial charge in [0.25, 0.3) is 0 Å². The van der Waals surface area contributed by atoms with Crippen molar-refractivity contribution in [2.24, 2.45) is 0 Å². The predicted molar refractivity (Wildman–Crippen MR) is 88.5 cm³/mol. The van der Waals surface area contributed by atoms with Crippen molar-refractivity contribution in [3.63, 3.8) is 0 Å². The van der Waals surface area contributed by atoms with Gasteiger partial charge in [0, 0.05) is 10.9 Å². The second kappa shape index (κ2) is 6.06. The highest BCUT2D eigenvalue weighted by atomic mass is 32.1. The average molecular weight is 327 g/mol. The van der Waals surface area contributed by atoms with E-state index in [-0.39, 0.29) is 6.54 Å². The molecule has 0 radical (unpaired) electrons. The molecule has 0 spiro atoms. The number of nitrogens with zero attached hydrogens (tertiary/aromatic N) is 2. The van der Waals surface area contributed by atoms with Crippen LogP contribution >= 0.6 is 11.3 Å². The number of hydrogen-bond acceptors (Lipinski definition) is 5. The molecule has 2 N–H and O–H groups in total. The number of carbonyl (C=O) groups excluding carboxylic acids is 1. The highest BCUT2D eigenvalue weighted by Gasteiger charge is 2.17. The second-order valence-electron chi connectivity index (χ2n) is 5.56. The Morgan fingerprint density at radius 3 is 2.70 bits per heavy atom. The monoisotopic (exact) mass is 327 g/mol. The SMILES string of the molecule is Cc1nc([NH2+]CC(=O)[O-])c2c(-c3ccc(C)c(C)c3)csc2n1. The number of aromatic nitrogens is 2. The quantitative estimate of drug-likeness (QED) is 0.781. The molecule has 0 saturated carbocycles. The molecule has 118 valence electrons. The molecule has 0 bridgehead atoms. The summed E-state index contributed by atoms with van der Waals surface area (Å²) in [6, 6.07) is 6.30. The maximum absolute atomic E-state index is 10.8. The van der Waals surface area contributed by atoms with Gasteiger partial charge in [-0.3, -0.25) is 5.32 Å². The first-order valence-corrected chi connectivity index (χ1v) is 8.20. The number of hydrogen-bond donors (Lipinski definition) is 1. The van der Waals surface area contributed by atoms with Crippen LogP contribution in [0.4, 0.5) is 5.82 Å². The van der Waals surface area contributed by atoms with Gasteiger partial charge in [-0.15, -0.1) is 11.3 Å². The van der Waals surface area contributed by atoms with Crippen LogP contribution in [0, 0.1) is 20.8 Å². The molecule has 0 saturated heterocycles. The average Bonchev–Trinajstić information content (AvgIpc) is 2.91. The number of carboxylic acid groups (broad SMARTS) is 1. The largest absolute Gasteiger partial charge is 0.544 e. The number of benzene rings is 1. The van der Waals surface area contributed by atoms with Crippen LogP contribution < -0.4 is 10.4 Å². The lowest BCUT2D eigenvalue weighted by Gasteiger charge is -2.07. The van der Waals surface area contributed by atoms with Gasteiger partial charge < -0.3 is 9.90 Å². The summed E-state index contributed by atoms with van der Waals surface area (Å²) in [6.45, 7) is 5.81. The van der Waals surface area contributed by atoms with Crippen molar-refractivity contribution >= 4 is 33.3 Å². The highest BCUT2D eigenvalue weighted by molar-refractivity contribution is 7.17. The van der Waals surface area contributed by atoms with Crippen LogP contribution in [0.2, 0.25) is 0 Å². The van der Waals surface area contributed by atoms with E-state index >= 15 is 0 Å². The smallest absolute Gasteiger partial charge is 0.237 e. The van der Waals surface area contributed by atoms with Crippen LogP contribution in [0.15, 0.2) is 23.6 Å². The lowest BCUT2D eigenvalue weighted by molar-refractivity contribution is -0.571. The van der Waals surface area contributed by atoms with Crippen LogP contribution in [0.25, 0.3) is 21.3 Å². The normalized spacial score (nSPS) is 11.1. The lowest BCUT2D eigenvalue weighted by Crippen LogP contribution is -2.81. The molecule has 0 unspecified atom stereocenters. The van der Waals surface area contributed by atoms with Crippen molar-refractivity contribution in [2.45, 2.75) is 20.8 Å². The summed E-state index contributed by atoms with van der Waals surface area (Å²) >= 11 is 1.55. The number of aliphatic carboxylic acids is 1. The van der Waals surface area contributed by atoms with E-state index in [4.69, 9.17) is 0 Å². The van der Waals surface area contributed by atoms with Crippen molar-refractivity contribution < 1.29 is 15.2 Å². The molecule has 23 heavy (non-hydrogen) atoms. The minimum Gasteiger partial charge on any atom is -0.544 e. The molecule has 0 fully saturated rings. The predicted octanol–water partition coefficient (Wildman–Crippen LogP) is 1.23. The molecule has 2 heterocycles. The van der Waals surface area contributed by atoms with Crippen LogP contribution in [0.5, 0.6) is 0 Å². The fourth-order valence-corrected chi connectivity index (χ4v) is 3.53. The third kappa shape index (κ3) is 3.09. The molecule has 0 aliphatic rings. The van der Waals surface area contributed by atoms with E-state index in [1.54, 1.807) is 16.7 Å². The van der Waals surface area contributed by atoms with Crippen molar-refractivity contribution in [3.05, 3.63) is 40.5 Å². The Hall–Kier alpha value is -2.31. The van der Waals surface area contributed by atoms with Crippen molar-refractivity contribution in [1.29, 1.82) is 0 Å². The lowest BCUT2D eigenvalue weighted by atomic mass is 10.0. The number of rotatable bonds is 4. The van der Waals surface area contributed by atoms with E-state index in [0.29, 0.717) is 11.6 Å². The van der Waals surface area contributed by atoms with Gasteiger partial charge in [-0.1, -0.05) is 18.2 Å². The summed E-state index contributed by atoms with van der Waals surface area (Å²) in [5.74, 6) is 0.180. The zero-order valence-electron chi connectivity index (χ0n) is 13.2. The molecule has 2 aromatic heterocycles. The third-order valence-corrected chi connectivity index (χ3v) is 4.73. The van der Waals surface area contributed by atoms with Gasteiger partial charge in [-0.2, -0.15) is 4.98 Å². The van der Waals surface area contributed by atoms with E-state index in [1.165, 1.54) is 11.1 Å². The number of aryl methyl sites for hydroxylation is 3. The van der Waals surface area contributed by atoms with Crippen LogP contribution in [0.1, 0.15) is 17.0 Å². The summed E-state index contributed by atoms with van der Waals surface area (Å²) in [5, 5.41) is 15.3. The second-order valence-corrected chi connectivity index (χ2v) is 6.42. The van der Waals surface area contributed by atoms with Gasteiger partial charge in [0.05, 0.1) is 5.97 Å². The topological polar surface area (TPSA) is 82.5 Å². The van der Waals surface area contributed by atoms with Crippen LogP contribution in [-0.2, 0) is 4.79 Å². The molecular formula is C17H17N3O2S. The minimum atomic E-state index is -1.11. The van der Waals surface area contributed by atoms with Crippen molar-refractivity contribution in [2.75, 3.05) is 6.54 Å². The Bertz CT molecular complexity index is 902. The maximum atomic E-state index is 10.8. The molecule has 3 rings (SSSR count). The molecule has 3 aromatic rings. The fourth-order valence-electron chi connectivity index (χ4n) is 2.53. The summed E-state index contributed by atoms with van der Waals surface area (Å²) < 4.78 is 0. The molecule has 0 aliphatic carbocycles. The number of thiophene rings is 1. The Kier molecular flexibility index (Phi) is 4.11. The first-order chi connectivity index (χ1) is 11.0. The number of carboxylic acids is 1. The number of carbonyl (C=O) groups is 1. The fraction of sp³-hybridized carbons (Fsp3) is 0.235. The van der Waals surface area contributed by atoms with E-state index in [0.717, 1.165) is 21.3 Å². The number of fused-ring (bicyclic) bond motifs is 1. The van der Waals surface area contributed by atoms with E-state index in [2.05, 4.69) is 47.4 Å². The van der Waals surface area contributed by atoms with Crippen LogP contribution in [-0.4, -0.2) is 22.5 Å². The minimum absolute atomic E-state index is 0.159. The molecular weight excluding hydrogens is 310 g/mol. The van der Waals surface area contributed by atoms with Gasteiger partial charge in [-0.25, -0.2) is 4.98 Å². The summed E-state index contributed by atoms with van der Waals surface area (Å²) in [5.41, 5.74) is 4.59. The molecule has 6 heteroatoms. The number of quaternary nitrogens is 1. The number of nitrogens with two attached hydrogens (primary N) is 1. The molecule has 0 amide bonds. The maximum Gasteiger partial charge on any atom is 0.237 e. The van der Waals surface area contributed by atoms with Crippen molar-refractivity contribution in [3.8, 4) is 11.1 Å². The Morgan fingerprint density at radius 1 is 1.22 bits per heavy atom. The van der Waals surface area contributed by atoms with Gasteiger partial charge in [-0.05, 0) is 37.5 Å². The first-order valence-electron chi connectivity index (χ1n) is 7.32. The Labute approximate surface area is 138 Å². The standard InChI is InChI=1S/C17H17N3O2S/c1-9-4-5-12(6-10(9)2)13-8-23-17-15(13)16(18-7-14(21)22)19-11(3)20-17/h4-6,8H,7H2,1-3H3,(H,21,22)(H,18,19,20). The molecule has 5 nitrogen and oxygen atoms in total. The first kappa shape index (κ1) is 15.6. The summed E-state index contributed by atoms with van der Waals surface area (Å²) in [6.07, 6.45) is 0. The zero-order chi connectivity index (χ0) is 16.6. The van der Waals surface area contributed by atoms with Crippen LogP contribution in [0.3, 0.4) is 0 Å². The summed E-state index contributed by atoms with van der Waals surface area (Å²) in [4.78, 5) is 20.6. The van der Waals surface area contributed by atoms with E-state index in [9.17, 15) is 9.90 Å². The molecule has 0 aliphatic heterocycles. The Morgan fingerprint density at radius 2 is 2.00 bits per heavy atom. The molecule has 0 atom stereocenters. The Balaban J connectivity index is 2.17. The van der Waals surface area contributed by atoms with Crippen molar-refractivity contribution in [1.82, 2.24) is 9.97 Å². The van der Waals surface area contributed by atoms with Gasteiger partial charge in [0.1, 0.15) is 22.6 Å². The van der Waals surface area contributed by atoms with Gasteiger partial charge in [0.2, 0.25) is 5.82 Å².